The summed E-state index contributed by atoms with van der Waals surface area (Å²) in [5.74, 6) is -1.34. The van der Waals surface area contributed by atoms with Gasteiger partial charge in [0.2, 0.25) is 0 Å². The van der Waals surface area contributed by atoms with Crippen LogP contribution in [0.1, 0.15) is 62.4 Å². The molecule has 10 nitrogen and oxygen atoms in total. The highest BCUT2D eigenvalue weighted by molar-refractivity contribution is 5.89. The van der Waals surface area contributed by atoms with E-state index in [0.29, 0.717) is 24.8 Å². The molecule has 0 aromatic heterocycles. The molecular weight excluding hydrogens is 604 g/mol. The molecule has 1 aliphatic heterocycles. The highest BCUT2D eigenvalue weighted by Gasteiger charge is 2.69. The van der Waals surface area contributed by atoms with Crippen molar-refractivity contribution in [3.8, 4) is 0 Å². The van der Waals surface area contributed by atoms with E-state index in [9.17, 15) is 25.2 Å². The Morgan fingerprint density at radius 1 is 1.00 bits per heavy atom. The lowest BCUT2D eigenvalue weighted by molar-refractivity contribution is -0.346. The van der Waals surface area contributed by atoms with Crippen LogP contribution in [0.2, 0.25) is 0 Å². The molecule has 2 fully saturated rings. The molecule has 47 heavy (non-hydrogen) atoms. The lowest BCUT2D eigenvalue weighted by Gasteiger charge is -2.64. The third-order valence-electron chi connectivity index (χ3n) is 10.9. The summed E-state index contributed by atoms with van der Waals surface area (Å²) in [6.07, 6.45) is -6.72. The molecule has 4 N–H and O–H groups in total. The van der Waals surface area contributed by atoms with E-state index >= 15 is 0 Å². The molecule has 1 saturated carbocycles. The number of rotatable bonds is 10. The van der Waals surface area contributed by atoms with Crippen molar-refractivity contribution in [3.63, 3.8) is 0 Å². The van der Waals surface area contributed by atoms with Crippen molar-refractivity contribution in [1.29, 1.82) is 0 Å². The summed E-state index contributed by atoms with van der Waals surface area (Å²) in [6.45, 7) is 6.01. The summed E-state index contributed by atoms with van der Waals surface area (Å²) in [4.78, 5) is 13.7. The first-order valence-corrected chi connectivity index (χ1v) is 16.6. The largest absolute Gasteiger partial charge is 0.456 e. The standard InChI is InChI=1S/C37H50O10/c1-6-25-22(2)28(46-35(42)27(39)17-23-13-9-7-10-14-23)18-26(38)32(47-34(41)24-15-11-8-12-16-24)33-36(3,20-29(25)43-4)30(40)19-31-37(33,44-5)21-45-31/h7-16,26-33,35,38-40,42H,6,17-21H2,1-5H3/b25-22+/t26-,27-,28?,29+,30+,31-,32-,33+,35+,36-,37+/m1/s1. The van der Waals surface area contributed by atoms with E-state index in [-0.39, 0.29) is 19.4 Å². The van der Waals surface area contributed by atoms with Gasteiger partial charge < -0.3 is 44.1 Å². The van der Waals surface area contributed by atoms with Gasteiger partial charge in [-0.25, -0.2) is 4.79 Å². The lowest BCUT2D eigenvalue weighted by Crippen LogP contribution is -2.76. The van der Waals surface area contributed by atoms with Crippen molar-refractivity contribution in [2.24, 2.45) is 11.3 Å². The SMILES string of the molecule is CC/C1=C(/C)C(O[C@H](O)[C@H](O)Cc2ccccc2)C[C@@H](O)[C@@H](OC(=O)c2ccccc2)[C@H]2[C@](C)(C[C@@H]1OC)[C@@H](O)C[C@H]1OC[C@]12OC. The van der Waals surface area contributed by atoms with Crippen molar-refractivity contribution in [2.75, 3.05) is 20.8 Å². The minimum absolute atomic E-state index is 0.0817. The number of ether oxygens (including phenoxy) is 5. The average molecular weight is 655 g/mol. The van der Waals surface area contributed by atoms with Gasteiger partial charge >= 0.3 is 5.97 Å². The maximum Gasteiger partial charge on any atom is 0.338 e. The van der Waals surface area contributed by atoms with Gasteiger partial charge in [-0.15, -0.1) is 0 Å². The van der Waals surface area contributed by atoms with Gasteiger partial charge in [-0.3, -0.25) is 0 Å². The average Bonchev–Trinajstić information content (AvgIpc) is 3.07. The van der Waals surface area contributed by atoms with E-state index in [0.717, 1.165) is 16.7 Å². The third-order valence-corrected chi connectivity index (χ3v) is 10.9. The van der Waals surface area contributed by atoms with Crippen LogP contribution in [-0.4, -0.2) is 102 Å². The van der Waals surface area contributed by atoms with E-state index < -0.39 is 71.9 Å². The van der Waals surface area contributed by atoms with Crippen LogP contribution in [0.25, 0.3) is 0 Å². The number of methoxy groups -OCH3 is 2. The fraction of sp³-hybridized carbons (Fsp3) is 0.595. The highest BCUT2D eigenvalue weighted by Crippen LogP contribution is 2.58. The molecule has 3 aliphatic rings. The van der Waals surface area contributed by atoms with E-state index in [1.165, 1.54) is 0 Å². The predicted octanol–water partition coefficient (Wildman–Crippen LogP) is 3.59. The van der Waals surface area contributed by atoms with Gasteiger partial charge in [0.1, 0.15) is 17.8 Å². The summed E-state index contributed by atoms with van der Waals surface area (Å²) in [6, 6.07) is 17.9. The summed E-state index contributed by atoms with van der Waals surface area (Å²) < 4.78 is 30.7. The first-order chi connectivity index (χ1) is 22.5. The fourth-order valence-electron chi connectivity index (χ4n) is 8.15. The van der Waals surface area contributed by atoms with Gasteiger partial charge in [0.05, 0.1) is 42.7 Å². The summed E-state index contributed by atoms with van der Waals surface area (Å²) in [5.41, 5.74) is 0.880. The molecule has 0 radical (unpaired) electrons. The Kier molecular flexibility index (Phi) is 11.3. The molecule has 2 aromatic carbocycles. The number of benzene rings is 2. The van der Waals surface area contributed by atoms with Crippen LogP contribution in [0, 0.1) is 11.3 Å². The van der Waals surface area contributed by atoms with Crippen LogP contribution < -0.4 is 0 Å². The maximum absolute atomic E-state index is 13.7. The zero-order valence-electron chi connectivity index (χ0n) is 28.0. The minimum Gasteiger partial charge on any atom is -0.456 e. The number of esters is 1. The molecule has 5 rings (SSSR count). The second kappa shape index (κ2) is 14.8. The molecule has 1 heterocycles. The number of aliphatic hydroxyl groups excluding tert-OH is 4. The Bertz CT molecular complexity index is 1360. The van der Waals surface area contributed by atoms with Crippen molar-refractivity contribution < 1.29 is 48.9 Å². The zero-order valence-corrected chi connectivity index (χ0v) is 28.0. The molecule has 11 atom stereocenters. The Morgan fingerprint density at radius 3 is 2.23 bits per heavy atom. The third kappa shape index (κ3) is 6.93. The Hall–Kier alpha value is -2.67. The van der Waals surface area contributed by atoms with Gasteiger partial charge in [-0.1, -0.05) is 62.4 Å². The smallest absolute Gasteiger partial charge is 0.338 e. The molecular formula is C37H50O10. The molecule has 1 unspecified atom stereocenters. The number of fused-ring (bicyclic) bond motifs is 3. The van der Waals surface area contributed by atoms with Crippen LogP contribution in [0.3, 0.4) is 0 Å². The van der Waals surface area contributed by atoms with E-state index in [1.54, 1.807) is 44.6 Å². The second-order valence-electron chi connectivity index (χ2n) is 13.5. The summed E-state index contributed by atoms with van der Waals surface area (Å²) >= 11 is 0. The number of carbonyl (C=O) groups is 1. The number of aliphatic hydroxyl groups is 4. The summed E-state index contributed by atoms with van der Waals surface area (Å²) in [5, 5.41) is 46.1. The minimum atomic E-state index is -1.58. The van der Waals surface area contributed by atoms with E-state index in [2.05, 4.69) is 0 Å². The molecule has 1 saturated heterocycles. The maximum atomic E-state index is 13.7. The topological polar surface area (TPSA) is 144 Å². The van der Waals surface area contributed by atoms with Crippen LogP contribution in [-0.2, 0) is 30.1 Å². The monoisotopic (exact) mass is 654 g/mol. The number of carbonyl (C=O) groups excluding carboxylic acids is 1. The molecule has 2 aliphatic carbocycles. The highest BCUT2D eigenvalue weighted by atomic mass is 16.6. The van der Waals surface area contributed by atoms with Gasteiger partial charge in [-0.2, -0.15) is 0 Å². The molecule has 0 amide bonds. The lowest BCUT2D eigenvalue weighted by atomic mass is 9.51. The van der Waals surface area contributed by atoms with Crippen molar-refractivity contribution in [1.82, 2.24) is 0 Å². The van der Waals surface area contributed by atoms with Crippen molar-refractivity contribution in [3.05, 3.63) is 82.9 Å². The number of hydrogen-bond donors (Lipinski definition) is 4. The zero-order chi connectivity index (χ0) is 33.9. The predicted molar refractivity (Wildman–Crippen MR) is 173 cm³/mol. The van der Waals surface area contributed by atoms with Gasteiger partial charge in [-0.05, 0) is 48.6 Å². The van der Waals surface area contributed by atoms with Crippen LogP contribution in [0.5, 0.6) is 0 Å². The second-order valence-corrected chi connectivity index (χ2v) is 13.5. The van der Waals surface area contributed by atoms with E-state index in [1.807, 2.05) is 51.1 Å². The quantitative estimate of drug-likeness (QED) is 0.171. The summed E-state index contributed by atoms with van der Waals surface area (Å²) in [7, 11) is 3.20. The van der Waals surface area contributed by atoms with Crippen LogP contribution >= 0.6 is 0 Å². The molecule has 2 aromatic rings. The Morgan fingerprint density at radius 2 is 1.66 bits per heavy atom. The fourth-order valence-corrected chi connectivity index (χ4v) is 8.15. The first-order valence-electron chi connectivity index (χ1n) is 16.6. The van der Waals surface area contributed by atoms with Crippen LogP contribution in [0.4, 0.5) is 0 Å². The van der Waals surface area contributed by atoms with E-state index in [4.69, 9.17) is 23.7 Å². The van der Waals surface area contributed by atoms with Crippen LogP contribution in [0.15, 0.2) is 71.8 Å². The molecule has 258 valence electrons. The van der Waals surface area contributed by atoms with Crippen molar-refractivity contribution in [2.45, 2.75) is 107 Å². The molecule has 10 heteroatoms. The van der Waals surface area contributed by atoms with Gasteiger partial charge in [0, 0.05) is 44.8 Å². The first kappa shape index (κ1) is 35.6. The van der Waals surface area contributed by atoms with Crippen molar-refractivity contribution >= 4 is 5.97 Å². The Labute approximate surface area is 277 Å². The molecule has 0 bridgehead atoms. The Balaban J connectivity index is 1.58. The number of hydrogen-bond acceptors (Lipinski definition) is 10. The van der Waals surface area contributed by atoms with Gasteiger partial charge in [0.15, 0.2) is 6.29 Å². The molecule has 0 spiro atoms. The normalized spacial score (nSPS) is 37.1. The van der Waals surface area contributed by atoms with Gasteiger partial charge in [0.25, 0.3) is 0 Å².